The van der Waals surface area contributed by atoms with Crippen LogP contribution in [0.5, 0.6) is 5.75 Å². The van der Waals surface area contributed by atoms with Crippen molar-refractivity contribution in [2.75, 3.05) is 7.11 Å². The first-order valence-corrected chi connectivity index (χ1v) is 3.11. The van der Waals surface area contributed by atoms with Crippen molar-refractivity contribution in [2.24, 2.45) is 0 Å². The average molecular weight is 175 g/mol. The minimum absolute atomic E-state index is 0. The molecule has 4 heteroatoms. The summed E-state index contributed by atoms with van der Waals surface area (Å²) in [5.74, 6) is -0.381. The first kappa shape index (κ1) is 11.5. The maximum absolute atomic E-state index is 10.4. The predicted octanol–water partition coefficient (Wildman–Crippen LogP) is -1.60. The molecule has 0 aliphatic carbocycles. The van der Waals surface area contributed by atoms with Gasteiger partial charge in [-0.1, -0.05) is 6.07 Å². The number of benzene rings is 1. The number of carboxylic acids is 1. The smallest absolute Gasteiger partial charge is 0.497 e. The van der Waals surface area contributed by atoms with Crippen LogP contribution in [0.2, 0.25) is 0 Å². The molecule has 0 aliphatic rings. The summed E-state index contributed by atoms with van der Waals surface area (Å²) in [4.78, 5) is 10.4. The number of methoxy groups -OCH3 is 1. The summed E-state index contributed by atoms with van der Waals surface area (Å²) in [5.41, 5.74) is 0.240. The van der Waals surface area contributed by atoms with Gasteiger partial charge in [-0.2, -0.15) is 0 Å². The molecule has 0 aliphatic heterocycles. The summed E-state index contributed by atoms with van der Waals surface area (Å²) in [6.07, 6.45) is 0. The molecule has 0 amide bonds. The Morgan fingerprint density at radius 2 is 2.17 bits per heavy atom. The predicted molar refractivity (Wildman–Crippen MR) is 40.0 cm³/mol. The van der Waals surface area contributed by atoms with Crippen molar-refractivity contribution < 1.29 is 44.2 Å². The van der Waals surface area contributed by atoms with Gasteiger partial charge in [-0.25, -0.2) is 4.79 Å². The van der Waals surface area contributed by atoms with Crippen molar-refractivity contribution in [3.63, 3.8) is 0 Å². The molecule has 58 valence electrons. The third-order valence-electron chi connectivity index (χ3n) is 1.32. The van der Waals surface area contributed by atoms with Crippen molar-refractivity contribution in [1.82, 2.24) is 0 Å². The van der Waals surface area contributed by atoms with E-state index in [1.54, 1.807) is 12.1 Å². The minimum atomic E-state index is -0.941. The molecule has 0 saturated carbocycles. The molecule has 3 nitrogen and oxygen atoms in total. The largest absolute Gasteiger partial charge is 1.00 e. The van der Waals surface area contributed by atoms with Gasteiger partial charge in [-0.15, -0.1) is 0 Å². The van der Waals surface area contributed by atoms with Crippen LogP contribution < -0.4 is 34.3 Å². The van der Waals surface area contributed by atoms with Crippen LogP contribution in [0.1, 0.15) is 10.4 Å². The van der Waals surface area contributed by atoms with Gasteiger partial charge < -0.3 is 9.84 Å². The van der Waals surface area contributed by atoms with Crippen LogP contribution in [0.15, 0.2) is 24.3 Å². The van der Waals surface area contributed by atoms with Gasteiger partial charge in [-0.3, -0.25) is 0 Å². The Morgan fingerprint density at radius 1 is 1.50 bits per heavy atom. The molecule has 0 heterocycles. The summed E-state index contributed by atoms with van der Waals surface area (Å²) < 4.78 is 4.84. The van der Waals surface area contributed by atoms with Gasteiger partial charge >= 0.3 is 35.5 Å². The van der Waals surface area contributed by atoms with E-state index < -0.39 is 5.97 Å². The van der Waals surface area contributed by atoms with E-state index in [9.17, 15) is 4.79 Å². The van der Waals surface area contributed by atoms with Gasteiger partial charge in [-0.05, 0) is 18.2 Å². The van der Waals surface area contributed by atoms with Crippen LogP contribution >= 0.6 is 0 Å². The van der Waals surface area contributed by atoms with Crippen LogP contribution in [0.25, 0.3) is 0 Å². The van der Waals surface area contributed by atoms with Crippen molar-refractivity contribution in [3.8, 4) is 5.75 Å². The molecule has 1 N–H and O–H groups in total. The monoisotopic (exact) mass is 175 g/mol. The number of ether oxygens (including phenoxy) is 1. The van der Waals surface area contributed by atoms with Gasteiger partial charge in [0.25, 0.3) is 0 Å². The van der Waals surface area contributed by atoms with Crippen LogP contribution in [-0.2, 0) is 0 Å². The van der Waals surface area contributed by atoms with Crippen molar-refractivity contribution in [2.45, 2.75) is 0 Å². The minimum Gasteiger partial charge on any atom is -0.497 e. The normalized spacial score (nSPS) is 8.42. The maximum Gasteiger partial charge on any atom is 1.00 e. The zero-order chi connectivity index (χ0) is 8.27. The molecule has 0 spiro atoms. The van der Waals surface area contributed by atoms with Crippen molar-refractivity contribution in [1.29, 1.82) is 0 Å². The second kappa shape index (κ2) is 5.19. The van der Waals surface area contributed by atoms with E-state index >= 15 is 0 Å². The molecule has 0 fully saturated rings. The van der Waals surface area contributed by atoms with E-state index in [0.717, 1.165) is 0 Å². The number of hydrogen-bond donors (Lipinski definition) is 1. The zero-order valence-corrected chi connectivity index (χ0v) is 9.07. The molecule has 0 radical (unpaired) electrons. The molecule has 0 saturated heterocycles. The Hall–Kier alpha value is -0.510. The Balaban J connectivity index is 0.00000121. The van der Waals surface area contributed by atoms with Gasteiger partial charge in [0.15, 0.2) is 0 Å². The van der Waals surface area contributed by atoms with Gasteiger partial charge in [0, 0.05) is 0 Å². The summed E-state index contributed by atoms with van der Waals surface area (Å²) >= 11 is 0. The fraction of sp³-hybridized carbons (Fsp3) is 0.125. The Kier molecular flexibility index (Phi) is 4.97. The van der Waals surface area contributed by atoms with Crippen LogP contribution in [0.4, 0.5) is 0 Å². The Morgan fingerprint density at radius 3 is 2.67 bits per heavy atom. The quantitative estimate of drug-likeness (QED) is 0.550. The Bertz CT molecular complexity index is 273. The first-order chi connectivity index (χ1) is 5.24. The van der Waals surface area contributed by atoms with E-state index in [-0.39, 0.29) is 35.1 Å². The maximum atomic E-state index is 10.4. The van der Waals surface area contributed by atoms with E-state index in [4.69, 9.17) is 9.84 Å². The second-order valence-electron chi connectivity index (χ2n) is 2.04. The summed E-state index contributed by atoms with van der Waals surface area (Å²) in [5, 5.41) is 8.55. The standard InChI is InChI=1S/C8H8O3.Na/c1-11-7-4-2-3-6(5-7)8(9)10;/h2-5H,1H3,(H,9,10);/q;+1. The molecule has 1 aromatic rings. The number of aromatic carboxylic acids is 1. The molecule has 1 rings (SSSR count). The Labute approximate surface area is 92.6 Å². The molecular weight excluding hydrogens is 167 g/mol. The fourth-order valence-corrected chi connectivity index (χ4v) is 0.756. The summed E-state index contributed by atoms with van der Waals surface area (Å²) in [6.45, 7) is 0. The summed E-state index contributed by atoms with van der Waals surface area (Å²) in [6, 6.07) is 6.34. The van der Waals surface area contributed by atoms with Gasteiger partial charge in [0.1, 0.15) is 5.75 Å². The van der Waals surface area contributed by atoms with Gasteiger partial charge in [0.05, 0.1) is 12.7 Å². The third kappa shape index (κ3) is 2.85. The van der Waals surface area contributed by atoms with Crippen molar-refractivity contribution in [3.05, 3.63) is 29.8 Å². The summed E-state index contributed by atoms with van der Waals surface area (Å²) in [7, 11) is 1.50. The van der Waals surface area contributed by atoms with E-state index in [0.29, 0.717) is 5.75 Å². The molecule has 0 unspecified atom stereocenters. The van der Waals surface area contributed by atoms with Crippen LogP contribution in [0.3, 0.4) is 0 Å². The molecule has 0 aromatic heterocycles. The van der Waals surface area contributed by atoms with E-state index in [1.807, 2.05) is 0 Å². The third-order valence-corrected chi connectivity index (χ3v) is 1.32. The zero-order valence-electron chi connectivity index (χ0n) is 7.07. The molecule has 0 bridgehead atoms. The van der Waals surface area contributed by atoms with Crippen LogP contribution in [0, 0.1) is 0 Å². The van der Waals surface area contributed by atoms with E-state index in [2.05, 4.69) is 0 Å². The molecule has 0 atom stereocenters. The second-order valence-corrected chi connectivity index (χ2v) is 2.04. The van der Waals surface area contributed by atoms with Crippen molar-refractivity contribution >= 4 is 5.97 Å². The van der Waals surface area contributed by atoms with Crippen LogP contribution in [-0.4, -0.2) is 18.2 Å². The molecule has 12 heavy (non-hydrogen) atoms. The number of hydrogen-bond acceptors (Lipinski definition) is 2. The topological polar surface area (TPSA) is 46.5 Å². The SMILES string of the molecule is COc1cccc(C(=O)O)c1.[Na+]. The first-order valence-electron chi connectivity index (χ1n) is 3.11. The van der Waals surface area contributed by atoms with E-state index in [1.165, 1.54) is 19.2 Å². The molecule has 1 aromatic carbocycles. The average Bonchev–Trinajstić information content (AvgIpc) is 2.05. The number of carbonyl (C=O) groups is 1. The van der Waals surface area contributed by atoms with Gasteiger partial charge in [0.2, 0.25) is 0 Å². The number of carboxylic acid groups (broad SMARTS) is 1. The molecular formula is C8H8NaO3+. The number of rotatable bonds is 2. The fourth-order valence-electron chi connectivity index (χ4n) is 0.756.